The Balaban J connectivity index is 1.82. The number of nitrogens with one attached hydrogen (secondary N) is 2. The maximum absolute atomic E-state index is 12.2. The smallest absolute Gasteiger partial charge is 0.224 e. The Labute approximate surface area is 152 Å². The summed E-state index contributed by atoms with van der Waals surface area (Å²) in [6, 6.07) is 13.7. The van der Waals surface area contributed by atoms with Crippen molar-refractivity contribution in [2.75, 3.05) is 17.2 Å². The van der Waals surface area contributed by atoms with Crippen LogP contribution in [0.25, 0.3) is 0 Å². The van der Waals surface area contributed by atoms with Gasteiger partial charge in [0, 0.05) is 36.7 Å². The summed E-state index contributed by atoms with van der Waals surface area (Å²) < 4.78 is 5.34. The van der Waals surface area contributed by atoms with Gasteiger partial charge in [-0.2, -0.15) is 0 Å². The molecule has 0 aliphatic rings. The standard InChI is InChI=1S/C20H22N2O4/c1-3-26-18-10-4-15(5-11-18)19(24)12-13-20(25)22-17-8-6-16(7-9-17)21-14(2)23/h4-11H,3,12-13H2,1-2H3,(H,21,23)(H,22,25). The monoisotopic (exact) mass is 354 g/mol. The van der Waals surface area contributed by atoms with Gasteiger partial charge in [-0.25, -0.2) is 0 Å². The molecule has 2 amide bonds. The molecule has 0 saturated heterocycles. The number of hydrogen-bond donors (Lipinski definition) is 2. The number of Topliss-reactive ketones (excluding diaryl/α,β-unsaturated/α-hetero) is 1. The van der Waals surface area contributed by atoms with E-state index in [1.165, 1.54) is 6.92 Å². The van der Waals surface area contributed by atoms with Crippen molar-refractivity contribution in [3.63, 3.8) is 0 Å². The SMILES string of the molecule is CCOc1ccc(C(=O)CCC(=O)Nc2ccc(NC(C)=O)cc2)cc1. The molecule has 0 atom stereocenters. The number of ketones is 1. The number of amides is 2. The average Bonchev–Trinajstić information content (AvgIpc) is 2.62. The third-order valence-electron chi connectivity index (χ3n) is 3.56. The molecule has 2 N–H and O–H groups in total. The molecular formula is C20H22N2O4. The lowest BCUT2D eigenvalue weighted by Gasteiger charge is -2.07. The molecule has 26 heavy (non-hydrogen) atoms. The van der Waals surface area contributed by atoms with Crippen molar-refractivity contribution < 1.29 is 19.1 Å². The maximum atomic E-state index is 12.2. The first-order chi connectivity index (χ1) is 12.5. The second-order valence-corrected chi connectivity index (χ2v) is 5.69. The Morgan fingerprint density at radius 2 is 1.42 bits per heavy atom. The molecule has 0 heterocycles. The molecule has 6 heteroatoms. The summed E-state index contributed by atoms with van der Waals surface area (Å²) in [5.41, 5.74) is 1.82. The lowest BCUT2D eigenvalue weighted by Crippen LogP contribution is -2.13. The predicted octanol–water partition coefficient (Wildman–Crippen LogP) is 3.65. The summed E-state index contributed by atoms with van der Waals surface area (Å²) in [4.78, 5) is 35.1. The van der Waals surface area contributed by atoms with Gasteiger partial charge in [-0.1, -0.05) is 0 Å². The van der Waals surface area contributed by atoms with E-state index in [4.69, 9.17) is 4.74 Å². The van der Waals surface area contributed by atoms with Gasteiger partial charge in [0.25, 0.3) is 0 Å². The Hall–Kier alpha value is -3.15. The highest BCUT2D eigenvalue weighted by Crippen LogP contribution is 2.16. The van der Waals surface area contributed by atoms with E-state index in [2.05, 4.69) is 10.6 Å². The molecule has 0 radical (unpaired) electrons. The highest BCUT2D eigenvalue weighted by molar-refractivity contribution is 6.00. The Bertz CT molecular complexity index is 767. The van der Waals surface area contributed by atoms with Crippen molar-refractivity contribution in [3.05, 3.63) is 54.1 Å². The normalized spacial score (nSPS) is 10.1. The minimum Gasteiger partial charge on any atom is -0.494 e. The summed E-state index contributed by atoms with van der Waals surface area (Å²) in [5.74, 6) is 0.222. The van der Waals surface area contributed by atoms with Crippen LogP contribution in [0.5, 0.6) is 5.75 Å². The van der Waals surface area contributed by atoms with Gasteiger partial charge in [-0.3, -0.25) is 14.4 Å². The molecule has 0 aliphatic carbocycles. The van der Waals surface area contributed by atoms with Crippen molar-refractivity contribution in [3.8, 4) is 5.75 Å². The number of rotatable bonds is 8. The van der Waals surface area contributed by atoms with Gasteiger partial charge in [-0.15, -0.1) is 0 Å². The third-order valence-corrected chi connectivity index (χ3v) is 3.56. The second-order valence-electron chi connectivity index (χ2n) is 5.69. The van der Waals surface area contributed by atoms with Crippen molar-refractivity contribution in [2.24, 2.45) is 0 Å². The molecule has 136 valence electrons. The van der Waals surface area contributed by atoms with Crippen molar-refractivity contribution >= 4 is 29.0 Å². The van der Waals surface area contributed by atoms with Crippen LogP contribution in [-0.2, 0) is 9.59 Å². The van der Waals surface area contributed by atoms with E-state index in [0.29, 0.717) is 29.3 Å². The number of carbonyl (C=O) groups is 3. The Morgan fingerprint density at radius 3 is 1.96 bits per heavy atom. The van der Waals surface area contributed by atoms with Crippen molar-refractivity contribution in [1.82, 2.24) is 0 Å². The van der Waals surface area contributed by atoms with Crippen LogP contribution < -0.4 is 15.4 Å². The predicted molar refractivity (Wildman–Crippen MR) is 101 cm³/mol. The summed E-state index contributed by atoms with van der Waals surface area (Å²) in [5, 5.41) is 5.38. The summed E-state index contributed by atoms with van der Waals surface area (Å²) in [6.07, 6.45) is 0.225. The van der Waals surface area contributed by atoms with Gasteiger partial charge >= 0.3 is 0 Å². The highest BCUT2D eigenvalue weighted by Gasteiger charge is 2.10. The lowest BCUT2D eigenvalue weighted by molar-refractivity contribution is -0.116. The zero-order valence-corrected chi connectivity index (χ0v) is 14.9. The fourth-order valence-corrected chi connectivity index (χ4v) is 2.34. The van der Waals surface area contributed by atoms with Crippen LogP contribution in [0.2, 0.25) is 0 Å². The quantitative estimate of drug-likeness (QED) is 0.709. The first kappa shape index (κ1) is 19.2. The average molecular weight is 354 g/mol. The first-order valence-corrected chi connectivity index (χ1v) is 8.41. The number of carbonyl (C=O) groups excluding carboxylic acids is 3. The van der Waals surface area contributed by atoms with Crippen molar-refractivity contribution in [1.29, 1.82) is 0 Å². The van der Waals surface area contributed by atoms with E-state index in [0.717, 1.165) is 0 Å². The second kappa shape index (κ2) is 9.36. The molecule has 2 aromatic rings. The van der Waals surface area contributed by atoms with Gasteiger partial charge in [0.2, 0.25) is 11.8 Å². The van der Waals surface area contributed by atoms with E-state index in [-0.39, 0.29) is 30.4 Å². The minimum absolute atomic E-state index is 0.0933. The van der Waals surface area contributed by atoms with Crippen LogP contribution in [0.4, 0.5) is 11.4 Å². The molecule has 0 bridgehead atoms. The maximum Gasteiger partial charge on any atom is 0.224 e. The Kier molecular flexibility index (Phi) is 6.91. The molecule has 2 aromatic carbocycles. The van der Waals surface area contributed by atoms with Crippen LogP contribution in [0.3, 0.4) is 0 Å². The summed E-state index contributed by atoms with van der Waals surface area (Å²) >= 11 is 0. The molecule has 0 unspecified atom stereocenters. The number of benzene rings is 2. The van der Waals surface area contributed by atoms with E-state index >= 15 is 0 Å². The minimum atomic E-state index is -0.239. The summed E-state index contributed by atoms with van der Waals surface area (Å²) in [7, 11) is 0. The van der Waals surface area contributed by atoms with Crippen LogP contribution in [0.15, 0.2) is 48.5 Å². The fraction of sp³-hybridized carbons (Fsp3) is 0.250. The van der Waals surface area contributed by atoms with Gasteiger partial charge in [0.15, 0.2) is 5.78 Å². The molecule has 0 fully saturated rings. The van der Waals surface area contributed by atoms with E-state index in [1.54, 1.807) is 48.5 Å². The molecule has 2 rings (SSSR count). The molecule has 0 aliphatic heterocycles. The fourth-order valence-electron chi connectivity index (χ4n) is 2.34. The van der Waals surface area contributed by atoms with Gasteiger partial charge in [-0.05, 0) is 55.5 Å². The van der Waals surface area contributed by atoms with Gasteiger partial charge in [0.1, 0.15) is 5.75 Å². The molecule has 6 nitrogen and oxygen atoms in total. The summed E-state index contributed by atoms with van der Waals surface area (Å²) in [6.45, 7) is 3.89. The molecule has 0 aromatic heterocycles. The zero-order chi connectivity index (χ0) is 18.9. The molecule has 0 saturated carbocycles. The number of ether oxygens (including phenoxy) is 1. The van der Waals surface area contributed by atoms with Crippen LogP contribution >= 0.6 is 0 Å². The number of hydrogen-bond acceptors (Lipinski definition) is 4. The number of anilines is 2. The zero-order valence-electron chi connectivity index (χ0n) is 14.9. The molecular weight excluding hydrogens is 332 g/mol. The van der Waals surface area contributed by atoms with Gasteiger partial charge < -0.3 is 15.4 Å². The van der Waals surface area contributed by atoms with Crippen molar-refractivity contribution in [2.45, 2.75) is 26.7 Å². The largest absolute Gasteiger partial charge is 0.494 e. The molecule has 0 spiro atoms. The van der Waals surface area contributed by atoms with E-state index in [1.807, 2.05) is 6.92 Å². The van der Waals surface area contributed by atoms with Crippen LogP contribution in [0, 0.1) is 0 Å². The van der Waals surface area contributed by atoms with E-state index in [9.17, 15) is 14.4 Å². The first-order valence-electron chi connectivity index (χ1n) is 8.41. The van der Waals surface area contributed by atoms with Gasteiger partial charge in [0.05, 0.1) is 6.61 Å². The van der Waals surface area contributed by atoms with Crippen LogP contribution in [0.1, 0.15) is 37.0 Å². The highest BCUT2D eigenvalue weighted by atomic mass is 16.5. The third kappa shape index (κ3) is 6.05. The van der Waals surface area contributed by atoms with E-state index < -0.39 is 0 Å². The van der Waals surface area contributed by atoms with Crippen LogP contribution in [-0.4, -0.2) is 24.2 Å². The Morgan fingerprint density at radius 1 is 0.846 bits per heavy atom. The lowest BCUT2D eigenvalue weighted by atomic mass is 10.1. The topological polar surface area (TPSA) is 84.5 Å².